The lowest BCUT2D eigenvalue weighted by Crippen LogP contribution is -2.39. The molecule has 1 atom stereocenters. The molecule has 2 heteroatoms. The van der Waals surface area contributed by atoms with E-state index in [0.29, 0.717) is 6.04 Å². The fraction of sp³-hybridized carbons (Fsp3) is 0.667. The van der Waals surface area contributed by atoms with E-state index in [2.05, 4.69) is 36.1 Å². The van der Waals surface area contributed by atoms with Crippen LogP contribution in [0.15, 0.2) is 24.3 Å². The molecule has 1 unspecified atom stereocenters. The highest BCUT2D eigenvalue weighted by Crippen LogP contribution is 2.43. The van der Waals surface area contributed by atoms with Gasteiger partial charge >= 0.3 is 0 Å². The van der Waals surface area contributed by atoms with E-state index in [4.69, 9.17) is 5.73 Å². The summed E-state index contributed by atoms with van der Waals surface area (Å²) in [6.45, 7) is 5.36. The number of rotatable bonds is 7. The number of nitrogens with two attached hydrogens (primary N) is 1. The van der Waals surface area contributed by atoms with Crippen LogP contribution in [0.1, 0.15) is 62.1 Å². The minimum atomic E-state index is 0.414. The molecule has 2 fully saturated rings. The first-order valence-electron chi connectivity index (χ1n) is 8.36. The molecule has 0 bridgehead atoms. The fourth-order valence-corrected chi connectivity index (χ4v) is 3.54. The Bertz CT molecular complexity index is 435. The van der Waals surface area contributed by atoms with E-state index < -0.39 is 0 Å². The van der Waals surface area contributed by atoms with Crippen molar-refractivity contribution in [2.24, 2.45) is 11.7 Å². The Hall–Kier alpha value is -0.860. The monoisotopic (exact) mass is 272 g/mol. The summed E-state index contributed by atoms with van der Waals surface area (Å²) in [6.07, 6.45) is 6.98. The molecule has 1 aromatic rings. The Kier molecular flexibility index (Phi) is 4.42. The zero-order valence-electron chi connectivity index (χ0n) is 12.7. The number of benzene rings is 1. The lowest BCUT2D eigenvalue weighted by atomic mass is 9.84. The molecule has 20 heavy (non-hydrogen) atoms. The molecule has 0 amide bonds. The largest absolute Gasteiger partial charge is 0.329 e. The maximum Gasteiger partial charge on any atom is 0.0473 e. The predicted octanol–water partition coefficient (Wildman–Crippen LogP) is 3.69. The molecular formula is C18H28N2. The summed E-state index contributed by atoms with van der Waals surface area (Å²) in [5, 5.41) is 0. The van der Waals surface area contributed by atoms with Gasteiger partial charge in [-0.1, -0.05) is 37.6 Å². The minimum absolute atomic E-state index is 0.414. The van der Waals surface area contributed by atoms with Gasteiger partial charge in [-0.2, -0.15) is 0 Å². The molecule has 110 valence electrons. The minimum Gasteiger partial charge on any atom is -0.329 e. The quantitative estimate of drug-likeness (QED) is 0.820. The lowest BCUT2D eigenvalue weighted by molar-refractivity contribution is 0.141. The van der Waals surface area contributed by atoms with E-state index in [0.717, 1.165) is 24.9 Å². The van der Waals surface area contributed by atoms with Crippen molar-refractivity contribution in [1.29, 1.82) is 0 Å². The lowest BCUT2D eigenvalue weighted by Gasteiger charge is -2.37. The van der Waals surface area contributed by atoms with Crippen molar-refractivity contribution >= 4 is 0 Å². The molecule has 0 aliphatic heterocycles. The third-order valence-corrected chi connectivity index (χ3v) is 5.16. The van der Waals surface area contributed by atoms with Gasteiger partial charge in [0.2, 0.25) is 0 Å². The predicted molar refractivity (Wildman–Crippen MR) is 84.8 cm³/mol. The van der Waals surface area contributed by atoms with Gasteiger partial charge in [0, 0.05) is 19.1 Å². The van der Waals surface area contributed by atoms with Crippen LogP contribution < -0.4 is 5.73 Å². The van der Waals surface area contributed by atoms with Crippen LogP contribution in [0.2, 0.25) is 0 Å². The Morgan fingerprint density at radius 1 is 1.20 bits per heavy atom. The molecule has 2 N–H and O–H groups in total. The van der Waals surface area contributed by atoms with Crippen molar-refractivity contribution in [2.75, 3.05) is 19.6 Å². The summed E-state index contributed by atoms with van der Waals surface area (Å²) in [6, 6.07) is 9.42. The summed E-state index contributed by atoms with van der Waals surface area (Å²) in [7, 11) is 0. The van der Waals surface area contributed by atoms with Gasteiger partial charge in [0.05, 0.1) is 0 Å². The van der Waals surface area contributed by atoms with E-state index in [-0.39, 0.29) is 0 Å². The maximum atomic E-state index is 6.16. The normalized spacial score (nSPS) is 20.9. The molecular weight excluding hydrogens is 244 g/mol. The first-order valence-corrected chi connectivity index (χ1v) is 8.36. The van der Waals surface area contributed by atoms with Crippen LogP contribution in [0, 0.1) is 5.92 Å². The highest BCUT2D eigenvalue weighted by atomic mass is 15.2. The van der Waals surface area contributed by atoms with Gasteiger partial charge < -0.3 is 5.73 Å². The Labute approximate surface area is 123 Å². The van der Waals surface area contributed by atoms with Crippen molar-refractivity contribution < 1.29 is 0 Å². The number of nitrogens with zero attached hydrogens (tertiary/aromatic N) is 1. The zero-order valence-corrected chi connectivity index (χ0v) is 12.7. The molecule has 3 rings (SSSR count). The summed E-state index contributed by atoms with van der Waals surface area (Å²) in [4.78, 5) is 2.62. The van der Waals surface area contributed by atoms with E-state index in [9.17, 15) is 0 Å². The molecule has 0 saturated heterocycles. The van der Waals surface area contributed by atoms with Crippen molar-refractivity contribution in [3.05, 3.63) is 35.4 Å². The second-order valence-corrected chi connectivity index (χ2v) is 6.54. The third-order valence-electron chi connectivity index (χ3n) is 5.16. The Morgan fingerprint density at radius 3 is 2.50 bits per heavy atom. The SMILES string of the molecule is CCN(CC1CCC1)C(CN)c1ccccc1C1CC1. The summed E-state index contributed by atoms with van der Waals surface area (Å²) in [5.74, 6) is 1.72. The molecule has 0 spiro atoms. The molecule has 0 aromatic heterocycles. The average Bonchev–Trinajstić information content (AvgIpc) is 3.26. The van der Waals surface area contributed by atoms with Gasteiger partial charge in [0.1, 0.15) is 0 Å². The smallest absolute Gasteiger partial charge is 0.0473 e. The van der Waals surface area contributed by atoms with E-state index >= 15 is 0 Å². The average molecular weight is 272 g/mol. The van der Waals surface area contributed by atoms with Gasteiger partial charge in [0.15, 0.2) is 0 Å². The van der Waals surface area contributed by atoms with Crippen LogP contribution in [0.5, 0.6) is 0 Å². The number of likely N-dealkylation sites (N-methyl/N-ethyl adjacent to an activating group) is 1. The second-order valence-electron chi connectivity index (χ2n) is 6.54. The van der Waals surface area contributed by atoms with E-state index in [1.165, 1.54) is 44.2 Å². The number of hydrogen-bond donors (Lipinski definition) is 1. The molecule has 2 aliphatic carbocycles. The van der Waals surface area contributed by atoms with Gasteiger partial charge in [-0.3, -0.25) is 4.90 Å². The van der Waals surface area contributed by atoms with E-state index in [1.807, 2.05) is 0 Å². The van der Waals surface area contributed by atoms with Crippen molar-refractivity contribution in [1.82, 2.24) is 4.90 Å². The second kappa shape index (κ2) is 6.28. The van der Waals surface area contributed by atoms with Crippen LogP contribution >= 0.6 is 0 Å². The fourth-order valence-electron chi connectivity index (χ4n) is 3.54. The topological polar surface area (TPSA) is 29.3 Å². The Balaban J connectivity index is 1.79. The van der Waals surface area contributed by atoms with Crippen LogP contribution in [0.25, 0.3) is 0 Å². The first kappa shape index (κ1) is 14.1. The maximum absolute atomic E-state index is 6.16. The zero-order chi connectivity index (χ0) is 13.9. The molecule has 1 aromatic carbocycles. The summed E-state index contributed by atoms with van der Waals surface area (Å²) >= 11 is 0. The van der Waals surface area contributed by atoms with Crippen molar-refractivity contribution in [2.45, 2.75) is 51.0 Å². The van der Waals surface area contributed by atoms with Crippen molar-refractivity contribution in [3.63, 3.8) is 0 Å². The Morgan fingerprint density at radius 2 is 1.95 bits per heavy atom. The summed E-state index contributed by atoms with van der Waals surface area (Å²) < 4.78 is 0. The standard InChI is InChI=1S/C18H28N2/c1-2-20(13-14-6-5-7-14)18(12-19)17-9-4-3-8-16(17)15-10-11-15/h3-4,8-9,14-15,18H,2,5-7,10-13,19H2,1H3. The van der Waals surface area contributed by atoms with Crippen LogP contribution in [-0.2, 0) is 0 Å². The molecule has 2 saturated carbocycles. The van der Waals surface area contributed by atoms with E-state index in [1.54, 1.807) is 5.56 Å². The van der Waals surface area contributed by atoms with Crippen LogP contribution in [-0.4, -0.2) is 24.5 Å². The highest BCUT2D eigenvalue weighted by Gasteiger charge is 2.30. The van der Waals surface area contributed by atoms with Gasteiger partial charge in [-0.05, 0) is 55.2 Å². The van der Waals surface area contributed by atoms with Gasteiger partial charge in [0.25, 0.3) is 0 Å². The molecule has 0 radical (unpaired) electrons. The number of hydrogen-bond acceptors (Lipinski definition) is 2. The first-order chi connectivity index (χ1) is 9.83. The molecule has 0 heterocycles. The van der Waals surface area contributed by atoms with Gasteiger partial charge in [-0.15, -0.1) is 0 Å². The molecule has 2 aliphatic rings. The molecule has 2 nitrogen and oxygen atoms in total. The summed E-state index contributed by atoms with van der Waals surface area (Å²) in [5.41, 5.74) is 9.23. The van der Waals surface area contributed by atoms with Crippen molar-refractivity contribution in [3.8, 4) is 0 Å². The van der Waals surface area contributed by atoms with Crippen LogP contribution in [0.3, 0.4) is 0 Å². The highest BCUT2D eigenvalue weighted by molar-refractivity contribution is 5.35. The third kappa shape index (κ3) is 2.91. The van der Waals surface area contributed by atoms with Gasteiger partial charge in [-0.25, -0.2) is 0 Å². The van der Waals surface area contributed by atoms with Crippen LogP contribution in [0.4, 0.5) is 0 Å².